The number of hydrogen-bond donors (Lipinski definition) is 2. The zero-order valence-corrected chi connectivity index (χ0v) is 16.6. The number of aromatic nitrogens is 2. The van der Waals surface area contributed by atoms with Crippen LogP contribution in [0.4, 0.5) is 0 Å². The van der Waals surface area contributed by atoms with Crippen molar-refractivity contribution in [1.29, 1.82) is 0 Å². The lowest BCUT2D eigenvalue weighted by atomic mass is 10.1. The zero-order chi connectivity index (χ0) is 19.5. The molecule has 0 radical (unpaired) electrons. The van der Waals surface area contributed by atoms with Crippen molar-refractivity contribution in [3.05, 3.63) is 62.7 Å². The first-order valence-corrected chi connectivity index (χ1v) is 10.3. The molecule has 8 heteroatoms. The number of amides is 2. The summed E-state index contributed by atoms with van der Waals surface area (Å²) in [5.41, 5.74) is 7.44. The van der Waals surface area contributed by atoms with Crippen LogP contribution in [0.5, 0.6) is 0 Å². The molecule has 0 unspecified atom stereocenters. The Kier molecular flexibility index (Phi) is 5.45. The van der Waals surface area contributed by atoms with E-state index in [4.69, 9.17) is 11.6 Å². The molecule has 0 saturated heterocycles. The van der Waals surface area contributed by atoms with Crippen LogP contribution in [-0.2, 0) is 17.6 Å². The number of thiophene rings is 1. The number of rotatable bonds is 3. The lowest BCUT2D eigenvalue weighted by Crippen LogP contribution is -2.40. The number of nitrogens with one attached hydrogen (secondary N) is 2. The highest BCUT2D eigenvalue weighted by atomic mass is 35.5. The molecule has 0 saturated carbocycles. The predicted octanol–water partition coefficient (Wildman–Crippen LogP) is 3.79. The van der Waals surface area contributed by atoms with E-state index in [-0.39, 0.29) is 5.91 Å². The molecule has 3 aromatic heterocycles. The van der Waals surface area contributed by atoms with Gasteiger partial charge in [0.1, 0.15) is 5.65 Å². The van der Waals surface area contributed by atoms with E-state index in [2.05, 4.69) is 15.8 Å². The number of pyridine rings is 1. The van der Waals surface area contributed by atoms with Crippen LogP contribution in [0.25, 0.3) is 11.7 Å². The fourth-order valence-electron chi connectivity index (χ4n) is 3.29. The zero-order valence-electron chi connectivity index (χ0n) is 15.1. The van der Waals surface area contributed by atoms with Crippen LogP contribution in [0, 0.1) is 0 Å². The second-order valence-electron chi connectivity index (χ2n) is 6.61. The van der Waals surface area contributed by atoms with Gasteiger partial charge < -0.3 is 0 Å². The van der Waals surface area contributed by atoms with E-state index < -0.39 is 5.91 Å². The first-order chi connectivity index (χ1) is 13.6. The molecule has 1 aliphatic rings. The van der Waals surface area contributed by atoms with E-state index in [1.54, 1.807) is 10.5 Å². The molecule has 2 amide bonds. The summed E-state index contributed by atoms with van der Waals surface area (Å²) in [5, 5.41) is 0.305. The maximum atomic E-state index is 12.3. The van der Waals surface area contributed by atoms with Crippen LogP contribution in [0.15, 0.2) is 36.5 Å². The van der Waals surface area contributed by atoms with Crippen LogP contribution >= 0.6 is 22.9 Å². The van der Waals surface area contributed by atoms with Crippen molar-refractivity contribution >= 4 is 46.5 Å². The van der Waals surface area contributed by atoms with Gasteiger partial charge in [0.2, 0.25) is 0 Å². The standard InChI is InChI=1S/C20H19ClN4O2S/c21-19-14(25-11-5-4-8-17(25)22-19)9-10-18(26)23-24-20(27)16-12-13-6-2-1-3-7-15(13)28-16/h4-5,8-12H,1-3,6-7H2,(H,23,26)(H,24,27)/b10-9+. The fourth-order valence-corrected chi connectivity index (χ4v) is 4.68. The van der Waals surface area contributed by atoms with Crippen LogP contribution in [0.2, 0.25) is 5.15 Å². The lowest BCUT2D eigenvalue weighted by molar-refractivity contribution is -0.117. The first kappa shape index (κ1) is 18.7. The summed E-state index contributed by atoms with van der Waals surface area (Å²) < 4.78 is 1.78. The maximum Gasteiger partial charge on any atom is 0.279 e. The molecule has 6 nitrogen and oxygen atoms in total. The van der Waals surface area contributed by atoms with E-state index in [1.165, 1.54) is 40.7 Å². The number of fused-ring (bicyclic) bond motifs is 2. The van der Waals surface area contributed by atoms with Crippen LogP contribution in [0.1, 0.15) is 45.1 Å². The Morgan fingerprint density at radius 3 is 2.93 bits per heavy atom. The minimum atomic E-state index is -0.451. The minimum absolute atomic E-state index is 0.298. The summed E-state index contributed by atoms with van der Waals surface area (Å²) in [6, 6.07) is 7.48. The van der Waals surface area contributed by atoms with Crippen molar-refractivity contribution in [2.24, 2.45) is 0 Å². The molecule has 0 aliphatic heterocycles. The summed E-state index contributed by atoms with van der Waals surface area (Å²) in [4.78, 5) is 30.6. The lowest BCUT2D eigenvalue weighted by Gasteiger charge is -2.03. The molecule has 3 aromatic rings. The molecule has 4 rings (SSSR count). The number of halogens is 1. The monoisotopic (exact) mass is 414 g/mol. The van der Waals surface area contributed by atoms with E-state index in [0.29, 0.717) is 21.4 Å². The Bertz CT molecular complexity index is 1050. The molecular formula is C20H19ClN4O2S. The number of imidazole rings is 1. The highest BCUT2D eigenvalue weighted by Gasteiger charge is 2.16. The largest absolute Gasteiger partial charge is 0.299 e. The van der Waals surface area contributed by atoms with Gasteiger partial charge in [-0.2, -0.15) is 0 Å². The van der Waals surface area contributed by atoms with Crippen LogP contribution < -0.4 is 10.9 Å². The molecule has 0 aromatic carbocycles. The SMILES string of the molecule is O=C(/C=C/c1c(Cl)nc2ccccn12)NNC(=O)c1cc2c(s1)CCCCC2. The van der Waals surface area contributed by atoms with Crippen LogP contribution in [0.3, 0.4) is 0 Å². The Balaban J connectivity index is 1.38. The Morgan fingerprint density at radius 2 is 2.04 bits per heavy atom. The van der Waals surface area contributed by atoms with E-state index in [9.17, 15) is 9.59 Å². The molecular weight excluding hydrogens is 396 g/mol. The molecule has 0 spiro atoms. The van der Waals surface area contributed by atoms with Crippen molar-refractivity contribution in [1.82, 2.24) is 20.2 Å². The van der Waals surface area contributed by atoms with Gasteiger partial charge in [-0.05, 0) is 55.5 Å². The van der Waals surface area contributed by atoms with Gasteiger partial charge in [-0.15, -0.1) is 11.3 Å². The Labute approximate surface area is 171 Å². The molecule has 0 atom stereocenters. The third-order valence-corrected chi connectivity index (χ3v) is 6.20. The molecule has 1 aliphatic carbocycles. The number of nitrogens with zero attached hydrogens (tertiary/aromatic N) is 2. The average molecular weight is 415 g/mol. The highest BCUT2D eigenvalue weighted by molar-refractivity contribution is 7.14. The molecule has 0 fully saturated rings. The minimum Gasteiger partial charge on any atom is -0.299 e. The molecule has 28 heavy (non-hydrogen) atoms. The van der Waals surface area contributed by atoms with Crippen molar-refractivity contribution < 1.29 is 9.59 Å². The summed E-state index contributed by atoms with van der Waals surface area (Å²) >= 11 is 7.65. The predicted molar refractivity (Wildman–Crippen MR) is 110 cm³/mol. The van der Waals surface area contributed by atoms with Gasteiger partial charge in [0.15, 0.2) is 5.15 Å². The van der Waals surface area contributed by atoms with Crippen molar-refractivity contribution in [3.63, 3.8) is 0 Å². The van der Waals surface area contributed by atoms with Gasteiger partial charge in [0.05, 0.1) is 10.6 Å². The summed E-state index contributed by atoms with van der Waals surface area (Å²) in [5.74, 6) is -0.749. The molecule has 2 N–H and O–H groups in total. The van der Waals surface area contributed by atoms with Gasteiger partial charge in [-0.1, -0.05) is 24.1 Å². The molecule has 0 bridgehead atoms. The fraction of sp³-hybridized carbons (Fsp3) is 0.250. The van der Waals surface area contributed by atoms with E-state index in [0.717, 1.165) is 19.3 Å². The van der Waals surface area contributed by atoms with Gasteiger partial charge >= 0.3 is 0 Å². The molecule has 3 heterocycles. The first-order valence-electron chi connectivity index (χ1n) is 9.14. The quantitative estimate of drug-likeness (QED) is 0.389. The van der Waals surface area contributed by atoms with Crippen molar-refractivity contribution in [2.75, 3.05) is 0 Å². The van der Waals surface area contributed by atoms with Gasteiger partial charge in [0, 0.05) is 17.2 Å². The van der Waals surface area contributed by atoms with Crippen molar-refractivity contribution in [2.45, 2.75) is 32.1 Å². The normalized spacial score (nSPS) is 14.0. The summed E-state index contributed by atoms with van der Waals surface area (Å²) in [6.07, 6.45) is 10.3. The van der Waals surface area contributed by atoms with Gasteiger partial charge in [-0.3, -0.25) is 24.8 Å². The number of carbonyl (C=O) groups is 2. The molecule has 144 valence electrons. The van der Waals surface area contributed by atoms with E-state index in [1.807, 2.05) is 30.5 Å². The number of hydrogen-bond acceptors (Lipinski definition) is 4. The smallest absolute Gasteiger partial charge is 0.279 e. The number of carbonyl (C=O) groups excluding carboxylic acids is 2. The second-order valence-corrected chi connectivity index (χ2v) is 8.11. The Hall–Kier alpha value is -2.64. The third-order valence-electron chi connectivity index (χ3n) is 4.68. The average Bonchev–Trinajstić information content (AvgIpc) is 3.17. The topological polar surface area (TPSA) is 75.5 Å². The highest BCUT2D eigenvalue weighted by Crippen LogP contribution is 2.28. The van der Waals surface area contributed by atoms with Gasteiger partial charge in [-0.25, -0.2) is 4.98 Å². The Morgan fingerprint density at radius 1 is 1.18 bits per heavy atom. The van der Waals surface area contributed by atoms with E-state index >= 15 is 0 Å². The third kappa shape index (κ3) is 3.95. The van der Waals surface area contributed by atoms with Crippen molar-refractivity contribution in [3.8, 4) is 0 Å². The summed E-state index contributed by atoms with van der Waals surface area (Å²) in [6.45, 7) is 0. The number of aryl methyl sites for hydroxylation is 2. The van der Waals surface area contributed by atoms with Gasteiger partial charge in [0.25, 0.3) is 11.8 Å². The maximum absolute atomic E-state index is 12.3. The second kappa shape index (κ2) is 8.16. The number of hydrazine groups is 1. The summed E-state index contributed by atoms with van der Waals surface area (Å²) in [7, 11) is 0. The van der Waals surface area contributed by atoms with Crippen LogP contribution in [-0.4, -0.2) is 21.2 Å².